The molecule has 0 heterocycles. The second-order valence-electron chi connectivity index (χ2n) is 4.80. The minimum atomic E-state index is -0.534. The number of nitrogens with one attached hydrogen (secondary N) is 2. The molecule has 0 aliphatic heterocycles. The Balaban J connectivity index is 1.69. The number of ether oxygens (including phenoxy) is 1. The van der Waals surface area contributed by atoms with Crippen molar-refractivity contribution in [1.82, 2.24) is 0 Å². The van der Waals surface area contributed by atoms with Gasteiger partial charge in [0.05, 0.1) is 0 Å². The lowest BCUT2D eigenvalue weighted by Crippen LogP contribution is -2.22. The number of hydrogen-bond donors (Lipinski definition) is 2. The van der Waals surface area contributed by atoms with Crippen LogP contribution in [0.3, 0.4) is 0 Å². The molecule has 0 aromatic heterocycles. The van der Waals surface area contributed by atoms with Crippen LogP contribution in [0.25, 0.3) is 0 Å². The Morgan fingerprint density at radius 1 is 0.957 bits per heavy atom. The number of benzene rings is 2. The lowest BCUT2D eigenvalue weighted by Gasteiger charge is -2.13. The molecule has 0 radical (unpaired) electrons. The summed E-state index contributed by atoms with van der Waals surface area (Å²) in [5.41, 5.74) is 1.40. The van der Waals surface area contributed by atoms with Crippen LogP contribution in [0.4, 0.5) is 21.0 Å². The normalized spacial score (nSPS) is 11.3. The zero-order chi connectivity index (χ0) is 16.5. The minimum absolute atomic E-state index is 0.185. The third kappa shape index (κ3) is 6.44. The number of anilines is 2. The topological polar surface area (TPSA) is 67.4 Å². The molecule has 2 aromatic carbocycles. The summed E-state index contributed by atoms with van der Waals surface area (Å²) in [7, 11) is 0. The maximum atomic E-state index is 11.8. The molecule has 0 saturated heterocycles. The van der Waals surface area contributed by atoms with E-state index in [2.05, 4.69) is 10.6 Å². The number of para-hydroxylation sites is 2. The van der Waals surface area contributed by atoms with Crippen molar-refractivity contribution in [2.45, 2.75) is 13.0 Å². The van der Waals surface area contributed by atoms with E-state index in [0.717, 1.165) is 17.4 Å². The predicted octanol–water partition coefficient (Wildman–Crippen LogP) is 4.59. The molecule has 23 heavy (non-hydrogen) atoms. The van der Waals surface area contributed by atoms with Crippen LogP contribution in [-0.2, 0) is 4.74 Å². The Morgan fingerprint density at radius 3 is 2.04 bits per heavy atom. The van der Waals surface area contributed by atoms with Crippen molar-refractivity contribution in [1.29, 1.82) is 0 Å². The lowest BCUT2D eigenvalue weighted by molar-refractivity contribution is 0.132. The summed E-state index contributed by atoms with van der Waals surface area (Å²) in [6, 6.07) is 18.2. The maximum absolute atomic E-state index is 11.8. The first-order valence-corrected chi connectivity index (χ1v) is 8.13. The fraction of sp³-hybridized carbons (Fsp3) is 0.176. The molecule has 6 heteroatoms. The molecule has 120 valence electrons. The van der Waals surface area contributed by atoms with Crippen molar-refractivity contribution in [2.24, 2.45) is 0 Å². The van der Waals surface area contributed by atoms with Gasteiger partial charge in [0.2, 0.25) is 0 Å². The van der Waals surface area contributed by atoms with Crippen LogP contribution in [-0.4, -0.2) is 23.2 Å². The van der Waals surface area contributed by atoms with E-state index >= 15 is 0 Å². The van der Waals surface area contributed by atoms with Gasteiger partial charge in [-0.15, -0.1) is 0 Å². The highest BCUT2D eigenvalue weighted by Gasteiger charge is 2.12. The smallest absolute Gasteiger partial charge is 0.411 e. The first-order chi connectivity index (χ1) is 11.1. The van der Waals surface area contributed by atoms with E-state index in [-0.39, 0.29) is 11.3 Å². The largest absolute Gasteiger partial charge is 0.445 e. The maximum Gasteiger partial charge on any atom is 0.411 e. The second kappa shape index (κ2) is 8.85. The SMILES string of the molecule is C[C@H](CSC(=O)Nc1ccccc1)OC(=O)Nc1ccccc1. The highest BCUT2D eigenvalue weighted by atomic mass is 32.2. The third-order valence-corrected chi connectivity index (χ3v) is 3.80. The summed E-state index contributed by atoms with van der Waals surface area (Å²) in [6.45, 7) is 1.74. The van der Waals surface area contributed by atoms with E-state index in [1.807, 2.05) is 48.5 Å². The summed E-state index contributed by atoms with van der Waals surface area (Å²) >= 11 is 1.07. The molecular formula is C17H18N2O3S. The van der Waals surface area contributed by atoms with Gasteiger partial charge in [0, 0.05) is 17.1 Å². The molecule has 5 nitrogen and oxygen atoms in total. The minimum Gasteiger partial charge on any atom is -0.445 e. The monoisotopic (exact) mass is 330 g/mol. The van der Waals surface area contributed by atoms with Crippen molar-refractivity contribution in [3.63, 3.8) is 0 Å². The van der Waals surface area contributed by atoms with Gasteiger partial charge in [-0.1, -0.05) is 48.2 Å². The second-order valence-corrected chi connectivity index (χ2v) is 5.79. The Kier molecular flexibility index (Phi) is 6.50. The van der Waals surface area contributed by atoms with Crippen LogP contribution in [0.1, 0.15) is 6.92 Å². The van der Waals surface area contributed by atoms with Crippen LogP contribution in [0.15, 0.2) is 60.7 Å². The van der Waals surface area contributed by atoms with E-state index in [0.29, 0.717) is 11.4 Å². The number of hydrogen-bond acceptors (Lipinski definition) is 4. The zero-order valence-corrected chi connectivity index (χ0v) is 13.5. The highest BCUT2D eigenvalue weighted by molar-refractivity contribution is 8.13. The molecule has 0 aliphatic rings. The third-order valence-electron chi connectivity index (χ3n) is 2.80. The zero-order valence-electron chi connectivity index (χ0n) is 12.7. The number of thioether (sulfide) groups is 1. The van der Waals surface area contributed by atoms with Gasteiger partial charge in [-0.2, -0.15) is 0 Å². The molecule has 0 aliphatic carbocycles. The number of carbonyl (C=O) groups excluding carboxylic acids is 2. The van der Waals surface area contributed by atoms with Crippen LogP contribution in [0, 0.1) is 0 Å². The Morgan fingerprint density at radius 2 is 1.48 bits per heavy atom. The molecular weight excluding hydrogens is 312 g/mol. The molecule has 2 rings (SSSR count). The standard InChI is InChI=1S/C17H18N2O3S/c1-13(22-16(20)18-14-8-4-2-5-9-14)12-23-17(21)19-15-10-6-3-7-11-15/h2-11,13H,12H2,1H3,(H,18,20)(H,19,21)/t13-/m1/s1. The van der Waals surface area contributed by atoms with Gasteiger partial charge in [-0.25, -0.2) is 4.79 Å². The average Bonchev–Trinajstić information content (AvgIpc) is 2.55. The summed E-state index contributed by atoms with van der Waals surface area (Å²) in [4.78, 5) is 23.5. The molecule has 0 spiro atoms. The molecule has 0 saturated carbocycles. The van der Waals surface area contributed by atoms with Crippen molar-refractivity contribution in [3.05, 3.63) is 60.7 Å². The molecule has 0 fully saturated rings. The summed E-state index contributed by atoms with van der Waals surface area (Å²) in [5.74, 6) is 0.376. The van der Waals surface area contributed by atoms with Crippen LogP contribution >= 0.6 is 11.8 Å². The molecule has 2 aromatic rings. The van der Waals surface area contributed by atoms with E-state index < -0.39 is 6.09 Å². The van der Waals surface area contributed by atoms with Crippen molar-refractivity contribution in [2.75, 3.05) is 16.4 Å². The fourth-order valence-corrected chi connectivity index (χ4v) is 2.40. The Bertz CT molecular complexity index is 635. The molecule has 0 bridgehead atoms. The average molecular weight is 330 g/mol. The summed E-state index contributed by atoms with van der Waals surface area (Å²) < 4.78 is 5.20. The number of carbonyl (C=O) groups is 2. The Labute approximate surface area is 139 Å². The predicted molar refractivity (Wildman–Crippen MR) is 93.9 cm³/mol. The van der Waals surface area contributed by atoms with Crippen LogP contribution < -0.4 is 10.6 Å². The number of amides is 2. The number of rotatable bonds is 5. The van der Waals surface area contributed by atoms with Gasteiger partial charge in [-0.05, 0) is 31.2 Å². The van der Waals surface area contributed by atoms with Crippen molar-refractivity contribution in [3.8, 4) is 0 Å². The van der Waals surface area contributed by atoms with E-state index in [4.69, 9.17) is 4.74 Å². The van der Waals surface area contributed by atoms with E-state index in [9.17, 15) is 9.59 Å². The molecule has 2 amide bonds. The first-order valence-electron chi connectivity index (χ1n) is 7.15. The van der Waals surface area contributed by atoms with E-state index in [1.165, 1.54) is 0 Å². The Hall–Kier alpha value is -2.47. The quantitative estimate of drug-likeness (QED) is 0.841. The van der Waals surface area contributed by atoms with Crippen LogP contribution in [0.5, 0.6) is 0 Å². The first kappa shape index (κ1) is 16.9. The van der Waals surface area contributed by atoms with Gasteiger partial charge in [0.1, 0.15) is 6.10 Å². The lowest BCUT2D eigenvalue weighted by atomic mass is 10.3. The molecule has 2 N–H and O–H groups in total. The van der Waals surface area contributed by atoms with Crippen molar-refractivity contribution < 1.29 is 14.3 Å². The highest BCUT2D eigenvalue weighted by Crippen LogP contribution is 2.13. The van der Waals surface area contributed by atoms with E-state index in [1.54, 1.807) is 19.1 Å². The fourth-order valence-electron chi connectivity index (χ4n) is 1.75. The molecule has 0 unspecified atom stereocenters. The van der Waals surface area contributed by atoms with Gasteiger partial charge in [0.15, 0.2) is 0 Å². The van der Waals surface area contributed by atoms with Crippen LogP contribution in [0.2, 0.25) is 0 Å². The summed E-state index contributed by atoms with van der Waals surface area (Å²) in [6.07, 6.45) is -0.919. The van der Waals surface area contributed by atoms with Gasteiger partial charge in [-0.3, -0.25) is 10.1 Å². The molecule has 1 atom stereocenters. The van der Waals surface area contributed by atoms with Gasteiger partial charge in [0.25, 0.3) is 5.24 Å². The van der Waals surface area contributed by atoms with Gasteiger partial charge < -0.3 is 10.1 Å². The van der Waals surface area contributed by atoms with Gasteiger partial charge >= 0.3 is 6.09 Å². The van der Waals surface area contributed by atoms with Crippen molar-refractivity contribution >= 4 is 34.5 Å². The summed E-state index contributed by atoms with van der Waals surface area (Å²) in [5, 5.41) is 5.20.